The number of fused-ring (bicyclic) bond motifs is 2. The van der Waals surface area contributed by atoms with Gasteiger partial charge >= 0.3 is 0 Å². The van der Waals surface area contributed by atoms with Gasteiger partial charge in [-0.2, -0.15) is 0 Å². The number of aromatic nitrogens is 2. The van der Waals surface area contributed by atoms with Crippen LogP contribution >= 0.6 is 0 Å². The van der Waals surface area contributed by atoms with Gasteiger partial charge in [0, 0.05) is 24.7 Å². The Morgan fingerprint density at radius 2 is 1.88 bits per heavy atom. The molecule has 0 aliphatic carbocycles. The van der Waals surface area contributed by atoms with Gasteiger partial charge in [0.25, 0.3) is 0 Å². The minimum absolute atomic E-state index is 0.00539. The number of imidazole rings is 1. The Morgan fingerprint density at radius 3 is 2.68 bits per heavy atom. The number of aryl methyl sites for hydroxylation is 1. The zero-order chi connectivity index (χ0) is 23.7. The van der Waals surface area contributed by atoms with E-state index in [9.17, 15) is 9.59 Å². The first-order valence-corrected chi connectivity index (χ1v) is 10.9. The lowest BCUT2D eigenvalue weighted by molar-refractivity contribution is -0.120. The molecule has 0 saturated carbocycles. The van der Waals surface area contributed by atoms with E-state index in [1.807, 2.05) is 41.0 Å². The fourth-order valence-corrected chi connectivity index (χ4v) is 4.02. The molecule has 3 aromatic heterocycles. The van der Waals surface area contributed by atoms with Gasteiger partial charge < -0.3 is 23.5 Å². The van der Waals surface area contributed by atoms with E-state index in [1.165, 1.54) is 6.07 Å². The summed E-state index contributed by atoms with van der Waals surface area (Å²) in [5.74, 6) is 1.37. The molecule has 1 amide bonds. The van der Waals surface area contributed by atoms with Crippen LogP contribution in [0, 0.1) is 6.92 Å². The summed E-state index contributed by atoms with van der Waals surface area (Å²) in [4.78, 5) is 29.8. The van der Waals surface area contributed by atoms with Gasteiger partial charge in [0.2, 0.25) is 16.9 Å². The average molecular weight is 457 g/mol. The maximum absolute atomic E-state index is 12.9. The highest BCUT2D eigenvalue weighted by molar-refractivity contribution is 5.90. The highest BCUT2D eigenvalue weighted by atomic mass is 16.5. The van der Waals surface area contributed by atoms with Crippen molar-refractivity contribution in [2.24, 2.45) is 0 Å². The summed E-state index contributed by atoms with van der Waals surface area (Å²) < 4.78 is 19.0. The normalized spacial score (nSPS) is 11.2. The van der Waals surface area contributed by atoms with Crippen molar-refractivity contribution < 1.29 is 18.4 Å². The summed E-state index contributed by atoms with van der Waals surface area (Å²) in [7, 11) is 1.59. The maximum Gasteiger partial charge on any atom is 0.228 e. The fraction of sp³-hybridized carbons (Fsp3) is 0.192. The maximum atomic E-state index is 12.9. The Morgan fingerprint density at radius 1 is 1.09 bits per heavy atom. The minimum Gasteiger partial charge on any atom is -0.497 e. The van der Waals surface area contributed by atoms with E-state index < -0.39 is 0 Å². The molecule has 0 radical (unpaired) electrons. The van der Waals surface area contributed by atoms with Crippen LogP contribution in [0.2, 0.25) is 0 Å². The second-order valence-corrected chi connectivity index (χ2v) is 7.97. The van der Waals surface area contributed by atoms with E-state index in [-0.39, 0.29) is 23.3 Å². The molecule has 0 aliphatic rings. The smallest absolute Gasteiger partial charge is 0.228 e. The second kappa shape index (κ2) is 8.90. The number of hydrogen-bond acceptors (Lipinski definition) is 6. The summed E-state index contributed by atoms with van der Waals surface area (Å²) in [5, 5.41) is 2.95. The molecule has 5 aromatic rings. The van der Waals surface area contributed by atoms with Crippen LogP contribution in [0.15, 0.2) is 74.6 Å². The number of ether oxygens (including phenoxy) is 1. The third-order valence-corrected chi connectivity index (χ3v) is 5.67. The van der Waals surface area contributed by atoms with Crippen molar-refractivity contribution >= 4 is 28.1 Å². The molecule has 0 fully saturated rings. The average Bonchev–Trinajstić information content (AvgIpc) is 3.41. The predicted molar refractivity (Wildman–Crippen MR) is 128 cm³/mol. The molecule has 1 N–H and O–H groups in total. The monoisotopic (exact) mass is 457 g/mol. The number of nitrogens with one attached hydrogen (secondary N) is 1. The molecular formula is C26H23N3O5. The molecule has 0 bridgehead atoms. The highest BCUT2D eigenvalue weighted by Gasteiger charge is 2.23. The number of benzene rings is 2. The van der Waals surface area contributed by atoms with Crippen molar-refractivity contribution in [1.29, 1.82) is 0 Å². The molecule has 172 valence electrons. The van der Waals surface area contributed by atoms with Crippen LogP contribution in [0.3, 0.4) is 0 Å². The molecule has 8 heteroatoms. The van der Waals surface area contributed by atoms with Crippen LogP contribution in [-0.4, -0.2) is 29.1 Å². The van der Waals surface area contributed by atoms with Crippen LogP contribution in [0.25, 0.3) is 33.5 Å². The quantitative estimate of drug-likeness (QED) is 0.395. The second-order valence-electron chi connectivity index (χ2n) is 7.97. The predicted octanol–water partition coefficient (Wildman–Crippen LogP) is 4.08. The Labute approximate surface area is 194 Å². The van der Waals surface area contributed by atoms with Crippen LogP contribution in [0.4, 0.5) is 0 Å². The van der Waals surface area contributed by atoms with Gasteiger partial charge in [-0.15, -0.1) is 0 Å². The van der Waals surface area contributed by atoms with E-state index >= 15 is 0 Å². The first-order chi connectivity index (χ1) is 16.5. The van der Waals surface area contributed by atoms with Gasteiger partial charge in [0.15, 0.2) is 5.58 Å². The van der Waals surface area contributed by atoms with Crippen molar-refractivity contribution in [3.05, 3.63) is 82.5 Å². The summed E-state index contributed by atoms with van der Waals surface area (Å²) in [6.45, 7) is 2.70. The van der Waals surface area contributed by atoms with Gasteiger partial charge in [-0.25, -0.2) is 4.98 Å². The van der Waals surface area contributed by atoms with Crippen LogP contribution in [-0.2, 0) is 17.8 Å². The molecule has 34 heavy (non-hydrogen) atoms. The van der Waals surface area contributed by atoms with Crippen molar-refractivity contribution in [1.82, 2.24) is 14.9 Å². The molecule has 0 spiro atoms. The molecule has 0 unspecified atom stereocenters. The molecule has 2 aromatic carbocycles. The lowest BCUT2D eigenvalue weighted by Gasteiger charge is -2.08. The molecule has 3 heterocycles. The summed E-state index contributed by atoms with van der Waals surface area (Å²) in [6, 6.07) is 16.4. The zero-order valence-electron chi connectivity index (χ0n) is 18.8. The van der Waals surface area contributed by atoms with Gasteiger partial charge in [-0.05, 0) is 43.3 Å². The first kappa shape index (κ1) is 21.5. The zero-order valence-corrected chi connectivity index (χ0v) is 18.8. The Balaban J connectivity index is 1.40. The molecule has 5 rings (SSSR count). The Hall–Kier alpha value is -4.33. The lowest BCUT2D eigenvalue weighted by Crippen LogP contribution is -2.28. The van der Waals surface area contributed by atoms with E-state index in [4.69, 9.17) is 13.6 Å². The highest BCUT2D eigenvalue weighted by Crippen LogP contribution is 2.34. The van der Waals surface area contributed by atoms with Gasteiger partial charge in [-0.3, -0.25) is 9.59 Å². The third-order valence-electron chi connectivity index (χ3n) is 5.67. The van der Waals surface area contributed by atoms with E-state index in [2.05, 4.69) is 10.3 Å². The van der Waals surface area contributed by atoms with Gasteiger partial charge in [0.05, 0.1) is 36.5 Å². The van der Waals surface area contributed by atoms with Crippen molar-refractivity contribution in [2.75, 3.05) is 13.7 Å². The third kappa shape index (κ3) is 4.05. The molecule has 0 atom stereocenters. The largest absolute Gasteiger partial charge is 0.497 e. The molecule has 8 nitrogen and oxygen atoms in total. The van der Waals surface area contributed by atoms with Crippen LogP contribution in [0.5, 0.6) is 5.75 Å². The van der Waals surface area contributed by atoms with Crippen molar-refractivity contribution in [2.45, 2.75) is 19.9 Å². The van der Waals surface area contributed by atoms with Gasteiger partial charge in [0.1, 0.15) is 17.3 Å². The number of carbonyl (C=O) groups is 1. The number of carbonyl (C=O) groups excluding carboxylic acids is 1. The van der Waals surface area contributed by atoms with Gasteiger partial charge in [-0.1, -0.05) is 12.1 Å². The number of nitrogens with zero attached hydrogens (tertiary/aromatic N) is 2. The summed E-state index contributed by atoms with van der Waals surface area (Å²) in [5.41, 5.74) is 3.29. The number of hydrogen-bond donors (Lipinski definition) is 1. The standard InChI is InChI=1S/C26H23N3O5/c1-16-13-22(30)26-25(33-16)19(24(34-26)17-7-9-18(32-2)10-8-17)14-23(31)27-11-12-29-15-28-20-5-3-4-6-21(20)29/h3-10,13,15H,11-12,14H2,1-2H3,(H,27,31). The molecular weight excluding hydrogens is 434 g/mol. The Kier molecular flexibility index (Phi) is 5.63. The molecule has 0 saturated heterocycles. The van der Waals surface area contributed by atoms with E-state index in [0.717, 1.165) is 16.6 Å². The Bertz CT molecular complexity index is 1540. The number of furan rings is 1. The summed E-state index contributed by atoms with van der Waals surface area (Å²) >= 11 is 0. The number of para-hydroxylation sites is 2. The fourth-order valence-electron chi connectivity index (χ4n) is 4.02. The van der Waals surface area contributed by atoms with Crippen molar-refractivity contribution in [3.63, 3.8) is 0 Å². The minimum atomic E-state index is -0.285. The topological polar surface area (TPSA) is 99.5 Å². The molecule has 0 aliphatic heterocycles. The van der Waals surface area contributed by atoms with Crippen molar-refractivity contribution in [3.8, 4) is 17.1 Å². The van der Waals surface area contributed by atoms with Crippen LogP contribution < -0.4 is 15.5 Å². The SMILES string of the molecule is COc1ccc(-c2oc3c(=O)cc(C)oc3c2CC(=O)NCCn2cnc3ccccc32)cc1. The summed E-state index contributed by atoms with van der Waals surface area (Å²) in [6.07, 6.45) is 1.77. The van der Waals surface area contributed by atoms with Crippen LogP contribution in [0.1, 0.15) is 11.3 Å². The number of methoxy groups -OCH3 is 1. The number of amides is 1. The first-order valence-electron chi connectivity index (χ1n) is 10.9. The van der Waals surface area contributed by atoms with E-state index in [0.29, 0.717) is 41.5 Å². The number of rotatable bonds is 7. The lowest BCUT2D eigenvalue weighted by atomic mass is 10.1. The van der Waals surface area contributed by atoms with E-state index in [1.54, 1.807) is 32.5 Å².